The van der Waals surface area contributed by atoms with E-state index in [4.69, 9.17) is 10.00 Å². The summed E-state index contributed by atoms with van der Waals surface area (Å²) in [5.74, 6) is 0.869. The van der Waals surface area contributed by atoms with Crippen molar-refractivity contribution in [2.45, 2.75) is 6.42 Å². The van der Waals surface area contributed by atoms with Crippen molar-refractivity contribution in [3.05, 3.63) is 38.5 Å². The minimum atomic E-state index is 0.669. The van der Waals surface area contributed by atoms with Gasteiger partial charge < -0.3 is 4.74 Å². The van der Waals surface area contributed by atoms with E-state index in [2.05, 4.69) is 28.1 Å². The van der Waals surface area contributed by atoms with Crippen LogP contribution in [0.15, 0.2) is 28.1 Å². The van der Waals surface area contributed by atoms with Crippen LogP contribution in [0.4, 0.5) is 0 Å². The second-order valence-corrected chi connectivity index (χ2v) is 6.32. The number of rotatable bonds is 0. The number of fused-ring (bicyclic) bond motifs is 3. The zero-order valence-corrected chi connectivity index (χ0v) is 11.3. The summed E-state index contributed by atoms with van der Waals surface area (Å²) in [5.41, 5.74) is 2.88. The van der Waals surface area contributed by atoms with Crippen molar-refractivity contribution in [3.8, 4) is 22.9 Å². The van der Waals surface area contributed by atoms with Crippen LogP contribution in [0.2, 0.25) is 0 Å². The predicted octanol–water partition coefficient (Wildman–Crippen LogP) is 3.98. The Labute approximate surface area is 112 Å². The normalized spacial score (nSPS) is 12.9. The number of thiophene rings is 1. The molecule has 0 atom stereocenters. The molecular formula is C13H8BrNOS. The van der Waals surface area contributed by atoms with E-state index in [1.165, 1.54) is 10.4 Å². The minimum absolute atomic E-state index is 0.669. The molecule has 0 unspecified atom stereocenters. The van der Waals surface area contributed by atoms with Gasteiger partial charge >= 0.3 is 0 Å². The van der Waals surface area contributed by atoms with Gasteiger partial charge in [0.15, 0.2) is 0 Å². The molecule has 0 aliphatic carbocycles. The average molecular weight is 306 g/mol. The van der Waals surface area contributed by atoms with Gasteiger partial charge in [0.2, 0.25) is 0 Å². The summed E-state index contributed by atoms with van der Waals surface area (Å²) in [4.78, 5) is 1.31. The lowest BCUT2D eigenvalue weighted by Crippen LogP contribution is -1.97. The van der Waals surface area contributed by atoms with E-state index < -0.39 is 0 Å². The molecule has 0 amide bonds. The Morgan fingerprint density at radius 1 is 1.29 bits per heavy atom. The quantitative estimate of drug-likeness (QED) is 0.737. The standard InChI is InChI=1S/C13H8BrNOS/c14-13-6-10-9-5-8(7-15)1-2-11(9)16-4-3-12(10)17-13/h1-2,5-6H,3-4H2. The van der Waals surface area contributed by atoms with Crippen LogP contribution >= 0.6 is 27.3 Å². The summed E-state index contributed by atoms with van der Waals surface area (Å²) < 4.78 is 6.83. The second kappa shape index (κ2) is 4.17. The first-order valence-electron chi connectivity index (χ1n) is 5.23. The smallest absolute Gasteiger partial charge is 0.127 e. The molecule has 1 aromatic carbocycles. The fraction of sp³-hybridized carbons (Fsp3) is 0.154. The maximum Gasteiger partial charge on any atom is 0.127 e. The van der Waals surface area contributed by atoms with Crippen molar-refractivity contribution in [2.24, 2.45) is 0 Å². The molecule has 1 aliphatic heterocycles. The Bertz CT molecular complexity index is 627. The van der Waals surface area contributed by atoms with Gasteiger partial charge in [0.1, 0.15) is 5.75 Å². The molecule has 3 rings (SSSR count). The maximum atomic E-state index is 8.97. The van der Waals surface area contributed by atoms with Gasteiger partial charge in [-0.25, -0.2) is 0 Å². The molecule has 2 nitrogen and oxygen atoms in total. The lowest BCUT2D eigenvalue weighted by molar-refractivity contribution is 0.327. The Hall–Kier alpha value is -1.31. The Kier molecular flexibility index (Phi) is 2.65. The highest BCUT2D eigenvalue weighted by atomic mass is 79.9. The van der Waals surface area contributed by atoms with Crippen LogP contribution in [0.3, 0.4) is 0 Å². The number of benzene rings is 1. The molecule has 0 N–H and O–H groups in total. The van der Waals surface area contributed by atoms with Crippen molar-refractivity contribution in [2.75, 3.05) is 6.61 Å². The van der Waals surface area contributed by atoms with Crippen molar-refractivity contribution in [1.29, 1.82) is 5.26 Å². The van der Waals surface area contributed by atoms with Gasteiger partial charge in [-0.05, 0) is 40.2 Å². The van der Waals surface area contributed by atoms with Crippen molar-refractivity contribution in [1.82, 2.24) is 0 Å². The highest BCUT2D eigenvalue weighted by Crippen LogP contribution is 2.41. The molecule has 0 radical (unpaired) electrons. The summed E-state index contributed by atoms with van der Waals surface area (Å²) in [7, 11) is 0. The summed E-state index contributed by atoms with van der Waals surface area (Å²) in [5, 5.41) is 8.97. The first-order chi connectivity index (χ1) is 8.28. The molecule has 0 bridgehead atoms. The third-order valence-corrected chi connectivity index (χ3v) is 4.46. The Morgan fingerprint density at radius 3 is 3.00 bits per heavy atom. The lowest BCUT2D eigenvalue weighted by atomic mass is 10.0. The van der Waals surface area contributed by atoms with Crippen LogP contribution in [0.5, 0.6) is 5.75 Å². The van der Waals surface area contributed by atoms with Gasteiger partial charge in [-0.1, -0.05) is 0 Å². The van der Waals surface area contributed by atoms with Crippen molar-refractivity contribution < 1.29 is 4.74 Å². The third-order valence-electron chi connectivity index (χ3n) is 2.76. The molecule has 0 saturated heterocycles. The molecular weight excluding hydrogens is 298 g/mol. The van der Waals surface area contributed by atoms with E-state index in [1.54, 1.807) is 17.4 Å². The molecule has 2 heterocycles. The van der Waals surface area contributed by atoms with E-state index in [9.17, 15) is 0 Å². The Morgan fingerprint density at radius 2 is 2.18 bits per heavy atom. The topological polar surface area (TPSA) is 33.0 Å². The molecule has 0 saturated carbocycles. The van der Waals surface area contributed by atoms with E-state index in [1.807, 2.05) is 12.1 Å². The van der Waals surface area contributed by atoms with Crippen LogP contribution in [-0.4, -0.2) is 6.61 Å². The predicted molar refractivity (Wildman–Crippen MR) is 71.4 cm³/mol. The molecule has 17 heavy (non-hydrogen) atoms. The van der Waals surface area contributed by atoms with Crippen LogP contribution in [0, 0.1) is 11.3 Å². The van der Waals surface area contributed by atoms with Gasteiger partial charge in [0.25, 0.3) is 0 Å². The van der Waals surface area contributed by atoms with Crippen molar-refractivity contribution >= 4 is 27.3 Å². The van der Waals surface area contributed by atoms with E-state index in [0.717, 1.165) is 21.5 Å². The molecule has 1 aliphatic rings. The first-order valence-corrected chi connectivity index (χ1v) is 6.84. The van der Waals surface area contributed by atoms with Gasteiger partial charge in [0.05, 0.1) is 22.0 Å². The number of ether oxygens (including phenoxy) is 1. The average Bonchev–Trinajstić information content (AvgIpc) is 2.63. The van der Waals surface area contributed by atoms with Gasteiger partial charge in [0, 0.05) is 22.4 Å². The zero-order chi connectivity index (χ0) is 11.8. The van der Waals surface area contributed by atoms with Gasteiger partial charge in [-0.3, -0.25) is 0 Å². The van der Waals surface area contributed by atoms with Crippen molar-refractivity contribution in [3.63, 3.8) is 0 Å². The molecule has 2 aromatic rings. The maximum absolute atomic E-state index is 8.97. The zero-order valence-electron chi connectivity index (χ0n) is 8.87. The Balaban J connectivity index is 2.26. The number of hydrogen-bond donors (Lipinski definition) is 0. The third kappa shape index (κ3) is 1.86. The summed E-state index contributed by atoms with van der Waals surface area (Å²) in [6, 6.07) is 9.86. The highest BCUT2D eigenvalue weighted by Gasteiger charge is 2.18. The van der Waals surface area contributed by atoms with Crippen LogP contribution in [-0.2, 0) is 6.42 Å². The summed E-state index contributed by atoms with van der Waals surface area (Å²) in [6.45, 7) is 0.693. The summed E-state index contributed by atoms with van der Waals surface area (Å²) >= 11 is 5.25. The lowest BCUT2D eigenvalue weighted by Gasteiger charge is -2.06. The molecule has 0 spiro atoms. The van der Waals surface area contributed by atoms with E-state index in [-0.39, 0.29) is 0 Å². The second-order valence-electron chi connectivity index (χ2n) is 3.81. The fourth-order valence-corrected chi connectivity index (χ4v) is 3.69. The fourth-order valence-electron chi connectivity index (χ4n) is 2.00. The first kappa shape index (κ1) is 10.8. The molecule has 1 aromatic heterocycles. The van der Waals surface area contributed by atoms with E-state index in [0.29, 0.717) is 12.2 Å². The highest BCUT2D eigenvalue weighted by molar-refractivity contribution is 9.11. The van der Waals surface area contributed by atoms with Crippen LogP contribution < -0.4 is 4.74 Å². The SMILES string of the molecule is N#Cc1ccc2c(c1)-c1cc(Br)sc1CCO2. The van der Waals surface area contributed by atoms with Crippen LogP contribution in [0.1, 0.15) is 10.4 Å². The number of nitrogens with zero attached hydrogens (tertiary/aromatic N) is 1. The molecule has 0 fully saturated rings. The van der Waals surface area contributed by atoms with Gasteiger partial charge in [-0.15, -0.1) is 11.3 Å². The number of halogens is 1. The largest absolute Gasteiger partial charge is 0.493 e. The minimum Gasteiger partial charge on any atom is -0.493 e. The summed E-state index contributed by atoms with van der Waals surface area (Å²) in [6.07, 6.45) is 0.919. The molecule has 84 valence electrons. The van der Waals surface area contributed by atoms with Crippen LogP contribution in [0.25, 0.3) is 11.1 Å². The monoisotopic (exact) mass is 305 g/mol. The van der Waals surface area contributed by atoms with E-state index >= 15 is 0 Å². The van der Waals surface area contributed by atoms with Gasteiger partial charge in [-0.2, -0.15) is 5.26 Å². The molecule has 4 heteroatoms. The number of nitriles is 1. The number of hydrogen-bond acceptors (Lipinski definition) is 3.